The van der Waals surface area contributed by atoms with E-state index in [1.165, 1.54) is 29.2 Å². The molecule has 1 saturated carbocycles. The van der Waals surface area contributed by atoms with Crippen LogP contribution in [0.5, 0.6) is 0 Å². The maximum Gasteiger partial charge on any atom is 0.416 e. The monoisotopic (exact) mass is 558 g/mol. The molecule has 0 radical (unpaired) electrons. The number of piperidine rings is 1. The number of nitrogens with zero attached hydrogens (tertiary/aromatic N) is 4. The van der Waals surface area contributed by atoms with Crippen molar-refractivity contribution in [1.82, 2.24) is 9.80 Å². The number of nitriles is 1. The van der Waals surface area contributed by atoms with E-state index in [0.29, 0.717) is 31.5 Å². The number of anilines is 1. The molecule has 2 aromatic rings. The van der Waals surface area contributed by atoms with E-state index in [1.807, 2.05) is 6.07 Å². The standard InChI is InChI=1S/C28H26F4N4O4/c29-22-11-18(14-33)3-6-23(22)35-16-24(38)36(15-17-1-4-20(5-2-17)28(30,31)32)27(26(35)40)12-19(13-27)25(39)34-9-7-21(37)8-10-34/h1-6,11,19,21,37H,7-10,12-13,15-16H2. The summed E-state index contributed by atoms with van der Waals surface area (Å²) in [5.41, 5.74) is -2.11. The summed E-state index contributed by atoms with van der Waals surface area (Å²) < 4.78 is 54.0. The largest absolute Gasteiger partial charge is 0.416 e. The maximum atomic E-state index is 14.9. The van der Waals surface area contributed by atoms with Crippen molar-refractivity contribution in [1.29, 1.82) is 5.26 Å². The Morgan fingerprint density at radius 2 is 1.73 bits per heavy atom. The van der Waals surface area contributed by atoms with Gasteiger partial charge in [-0.25, -0.2) is 4.39 Å². The average molecular weight is 559 g/mol. The molecule has 210 valence electrons. The molecule has 3 fully saturated rings. The minimum Gasteiger partial charge on any atom is -0.393 e. The lowest BCUT2D eigenvalue weighted by Gasteiger charge is -2.57. The Morgan fingerprint density at radius 1 is 1.07 bits per heavy atom. The van der Waals surface area contributed by atoms with Crippen LogP contribution in [0, 0.1) is 23.1 Å². The quantitative estimate of drug-likeness (QED) is 0.581. The fourth-order valence-corrected chi connectivity index (χ4v) is 5.78. The number of hydrogen-bond donors (Lipinski definition) is 1. The van der Waals surface area contributed by atoms with Crippen LogP contribution in [0.1, 0.15) is 42.4 Å². The number of likely N-dealkylation sites (tertiary alicyclic amines) is 1. The first kappa shape index (κ1) is 27.6. The second kappa shape index (κ2) is 10.2. The minimum atomic E-state index is -4.53. The minimum absolute atomic E-state index is 0.0233. The molecular formula is C28H26F4N4O4. The van der Waals surface area contributed by atoms with E-state index in [9.17, 15) is 37.1 Å². The van der Waals surface area contributed by atoms with Crippen molar-refractivity contribution in [2.24, 2.45) is 5.92 Å². The van der Waals surface area contributed by atoms with Gasteiger partial charge >= 0.3 is 6.18 Å². The number of halogens is 4. The van der Waals surface area contributed by atoms with Gasteiger partial charge in [-0.15, -0.1) is 0 Å². The molecule has 0 unspecified atom stereocenters. The van der Waals surface area contributed by atoms with Crippen molar-refractivity contribution in [2.45, 2.75) is 50.0 Å². The molecule has 2 aliphatic heterocycles. The van der Waals surface area contributed by atoms with Crippen molar-refractivity contribution in [3.05, 3.63) is 65.0 Å². The molecule has 3 amide bonds. The summed E-state index contributed by atoms with van der Waals surface area (Å²) in [6, 6.07) is 9.62. The fourth-order valence-electron chi connectivity index (χ4n) is 5.78. The topological polar surface area (TPSA) is 105 Å². The first-order valence-electron chi connectivity index (χ1n) is 12.9. The molecule has 2 aromatic carbocycles. The van der Waals surface area contributed by atoms with Crippen LogP contribution in [0.3, 0.4) is 0 Å². The van der Waals surface area contributed by atoms with Crippen LogP contribution in [0.15, 0.2) is 42.5 Å². The Morgan fingerprint density at radius 3 is 2.30 bits per heavy atom. The molecule has 8 nitrogen and oxygen atoms in total. The summed E-state index contributed by atoms with van der Waals surface area (Å²) in [4.78, 5) is 44.5. The highest BCUT2D eigenvalue weighted by molar-refractivity contribution is 6.10. The van der Waals surface area contributed by atoms with Crippen LogP contribution < -0.4 is 4.90 Å². The highest BCUT2D eigenvalue weighted by Crippen LogP contribution is 2.48. The molecule has 1 N–H and O–H groups in total. The summed E-state index contributed by atoms with van der Waals surface area (Å²) in [6.07, 6.45) is -4.19. The Bertz CT molecular complexity index is 1370. The van der Waals surface area contributed by atoms with Gasteiger partial charge in [-0.1, -0.05) is 12.1 Å². The van der Waals surface area contributed by atoms with Gasteiger partial charge < -0.3 is 14.9 Å². The zero-order valence-electron chi connectivity index (χ0n) is 21.3. The lowest BCUT2D eigenvalue weighted by molar-refractivity contribution is -0.168. The third-order valence-electron chi connectivity index (χ3n) is 8.04. The van der Waals surface area contributed by atoms with Crippen molar-refractivity contribution in [2.75, 3.05) is 24.5 Å². The van der Waals surface area contributed by atoms with Crippen molar-refractivity contribution >= 4 is 23.4 Å². The van der Waals surface area contributed by atoms with Crippen molar-refractivity contribution in [3.63, 3.8) is 0 Å². The molecule has 3 aliphatic rings. The smallest absolute Gasteiger partial charge is 0.393 e. The third kappa shape index (κ3) is 4.90. The van der Waals surface area contributed by atoms with E-state index in [1.54, 1.807) is 4.90 Å². The Hall–Kier alpha value is -3.98. The summed E-state index contributed by atoms with van der Waals surface area (Å²) in [5.74, 6) is -2.79. The second-order valence-corrected chi connectivity index (χ2v) is 10.5. The predicted octanol–water partition coefficient (Wildman–Crippen LogP) is 3.22. The average Bonchev–Trinajstić information content (AvgIpc) is 2.90. The van der Waals surface area contributed by atoms with E-state index < -0.39 is 53.5 Å². The van der Waals surface area contributed by atoms with E-state index in [2.05, 4.69) is 0 Å². The number of piperazine rings is 1. The molecular weight excluding hydrogens is 532 g/mol. The SMILES string of the molecule is N#Cc1ccc(N2CC(=O)N(Cc3ccc(C(F)(F)F)cc3)C3(CC(C(=O)N4CCC(O)CC4)C3)C2=O)c(F)c1. The van der Waals surface area contributed by atoms with Gasteiger partial charge in [0, 0.05) is 25.6 Å². The summed E-state index contributed by atoms with van der Waals surface area (Å²) in [5, 5.41) is 18.8. The molecule has 2 heterocycles. The Balaban J connectivity index is 1.44. The van der Waals surface area contributed by atoms with Gasteiger partial charge in [0.25, 0.3) is 5.91 Å². The molecule has 12 heteroatoms. The molecule has 2 saturated heterocycles. The van der Waals surface area contributed by atoms with Gasteiger partial charge in [0.05, 0.1) is 29.0 Å². The highest BCUT2D eigenvalue weighted by atomic mass is 19.4. The number of carbonyl (C=O) groups excluding carboxylic acids is 3. The van der Waals surface area contributed by atoms with Crippen molar-refractivity contribution in [3.8, 4) is 6.07 Å². The Labute approximate surface area is 227 Å². The zero-order valence-corrected chi connectivity index (χ0v) is 21.3. The molecule has 0 atom stereocenters. The Kier molecular flexibility index (Phi) is 7.04. The van der Waals surface area contributed by atoms with Crippen LogP contribution in [0.25, 0.3) is 0 Å². The van der Waals surface area contributed by atoms with E-state index in [4.69, 9.17) is 5.26 Å². The van der Waals surface area contributed by atoms with Gasteiger partial charge in [0.1, 0.15) is 17.9 Å². The number of aliphatic hydroxyl groups excluding tert-OH is 1. The van der Waals surface area contributed by atoms with Gasteiger partial charge in [-0.2, -0.15) is 18.4 Å². The van der Waals surface area contributed by atoms with Crippen LogP contribution in [0.4, 0.5) is 23.2 Å². The summed E-state index contributed by atoms with van der Waals surface area (Å²) in [6.45, 7) is 0.0678. The maximum absolute atomic E-state index is 14.9. The summed E-state index contributed by atoms with van der Waals surface area (Å²) in [7, 11) is 0. The van der Waals surface area contributed by atoms with Gasteiger partial charge in [-0.05, 0) is 61.6 Å². The highest BCUT2D eigenvalue weighted by Gasteiger charge is 2.62. The normalized spacial score (nSPS) is 23.8. The van der Waals surface area contributed by atoms with Gasteiger partial charge in [0.15, 0.2) is 0 Å². The van der Waals surface area contributed by atoms with Crippen LogP contribution in [-0.2, 0) is 27.1 Å². The first-order chi connectivity index (χ1) is 18.9. The van der Waals surface area contributed by atoms with Crippen LogP contribution in [-0.4, -0.2) is 63.9 Å². The lowest BCUT2D eigenvalue weighted by atomic mass is 9.64. The first-order valence-corrected chi connectivity index (χ1v) is 12.9. The van der Waals surface area contributed by atoms with Crippen LogP contribution >= 0.6 is 0 Å². The van der Waals surface area contributed by atoms with Gasteiger partial charge in [0.2, 0.25) is 11.8 Å². The molecule has 0 bridgehead atoms. The van der Waals surface area contributed by atoms with E-state index in [0.717, 1.165) is 23.1 Å². The van der Waals surface area contributed by atoms with Crippen molar-refractivity contribution < 1.29 is 37.1 Å². The van der Waals surface area contributed by atoms with E-state index >= 15 is 0 Å². The number of carbonyl (C=O) groups is 3. The number of alkyl halides is 3. The number of hydrogen-bond acceptors (Lipinski definition) is 5. The molecule has 1 spiro atoms. The number of rotatable bonds is 4. The zero-order chi connectivity index (χ0) is 28.8. The lowest BCUT2D eigenvalue weighted by Crippen LogP contribution is -2.74. The fraction of sp³-hybridized carbons (Fsp3) is 0.429. The van der Waals surface area contributed by atoms with Gasteiger partial charge in [-0.3, -0.25) is 19.3 Å². The summed E-state index contributed by atoms with van der Waals surface area (Å²) >= 11 is 0. The number of benzene rings is 2. The second-order valence-electron chi connectivity index (χ2n) is 10.5. The number of amides is 3. The predicted molar refractivity (Wildman–Crippen MR) is 133 cm³/mol. The molecule has 1 aliphatic carbocycles. The number of aliphatic hydroxyl groups is 1. The molecule has 40 heavy (non-hydrogen) atoms. The van der Waals surface area contributed by atoms with Crippen LogP contribution in [0.2, 0.25) is 0 Å². The molecule has 0 aromatic heterocycles. The van der Waals surface area contributed by atoms with E-state index in [-0.39, 0.29) is 36.5 Å². The third-order valence-corrected chi connectivity index (χ3v) is 8.04. The molecule has 5 rings (SSSR count).